The van der Waals surface area contributed by atoms with Crippen molar-refractivity contribution < 1.29 is 9.53 Å². The van der Waals surface area contributed by atoms with E-state index in [0.29, 0.717) is 18.7 Å². The van der Waals surface area contributed by atoms with Gasteiger partial charge in [-0.05, 0) is 80.6 Å². The molecule has 0 aliphatic rings. The van der Waals surface area contributed by atoms with Gasteiger partial charge in [0.05, 0.1) is 17.6 Å². The van der Waals surface area contributed by atoms with E-state index in [4.69, 9.17) is 21.3 Å². The smallest absolute Gasteiger partial charge is 0.251 e. The summed E-state index contributed by atoms with van der Waals surface area (Å²) in [7, 11) is 0. The first kappa shape index (κ1) is 25.8. The predicted octanol–water partition coefficient (Wildman–Crippen LogP) is 6.92. The van der Waals surface area contributed by atoms with Gasteiger partial charge >= 0.3 is 0 Å². The molecule has 0 fully saturated rings. The van der Waals surface area contributed by atoms with Gasteiger partial charge in [-0.3, -0.25) is 4.79 Å². The van der Waals surface area contributed by atoms with Crippen LogP contribution in [0.2, 0.25) is 5.02 Å². The second-order valence-corrected chi connectivity index (χ2v) is 9.55. The van der Waals surface area contributed by atoms with E-state index in [0.717, 1.165) is 71.9 Å². The zero-order chi connectivity index (χ0) is 25.3. The van der Waals surface area contributed by atoms with Crippen molar-refractivity contribution in [3.63, 3.8) is 0 Å². The number of hydrogen-bond acceptors (Lipinski definition) is 3. The van der Waals surface area contributed by atoms with Crippen molar-refractivity contribution in [2.45, 2.75) is 52.5 Å². The molecule has 0 saturated heterocycles. The Hall–Kier alpha value is -3.31. The highest BCUT2D eigenvalue weighted by Crippen LogP contribution is 2.26. The lowest BCUT2D eigenvalue weighted by atomic mass is 10.1. The molecule has 0 atom stereocenters. The van der Waals surface area contributed by atoms with E-state index >= 15 is 0 Å². The molecule has 0 unspecified atom stereocenters. The molecule has 0 aliphatic heterocycles. The van der Waals surface area contributed by atoms with Crippen molar-refractivity contribution in [2.75, 3.05) is 13.2 Å². The zero-order valence-electron chi connectivity index (χ0n) is 21.1. The third-order valence-corrected chi connectivity index (χ3v) is 6.93. The number of rotatable bonds is 12. The molecule has 1 heterocycles. The first-order valence-electron chi connectivity index (χ1n) is 12.7. The van der Waals surface area contributed by atoms with Crippen LogP contribution < -0.4 is 10.1 Å². The van der Waals surface area contributed by atoms with Gasteiger partial charge in [0, 0.05) is 30.1 Å². The monoisotopic (exact) mass is 503 g/mol. The van der Waals surface area contributed by atoms with Gasteiger partial charge in [-0.25, -0.2) is 4.98 Å². The van der Waals surface area contributed by atoms with E-state index in [1.807, 2.05) is 62.4 Å². The maximum atomic E-state index is 12.2. The molecule has 0 spiro atoms. The summed E-state index contributed by atoms with van der Waals surface area (Å²) in [6.45, 7) is 6.18. The summed E-state index contributed by atoms with van der Waals surface area (Å²) in [6.07, 6.45) is 4.82. The number of benzene rings is 3. The van der Waals surface area contributed by atoms with Crippen molar-refractivity contribution in [2.24, 2.45) is 0 Å². The van der Waals surface area contributed by atoms with Crippen LogP contribution in [0.3, 0.4) is 0 Å². The minimum Gasteiger partial charge on any atom is -0.494 e. The number of ether oxygens (including phenoxy) is 1. The number of imidazole rings is 1. The number of halogens is 1. The van der Waals surface area contributed by atoms with E-state index in [2.05, 4.69) is 28.1 Å². The molecule has 0 saturated carbocycles. The summed E-state index contributed by atoms with van der Waals surface area (Å²) < 4.78 is 8.35. The van der Waals surface area contributed by atoms with Gasteiger partial charge < -0.3 is 14.6 Å². The van der Waals surface area contributed by atoms with Crippen LogP contribution in [-0.2, 0) is 13.0 Å². The van der Waals surface area contributed by atoms with Crippen LogP contribution >= 0.6 is 11.6 Å². The number of aryl methyl sites for hydroxylation is 4. The molecule has 4 rings (SSSR count). The third kappa shape index (κ3) is 6.67. The Morgan fingerprint density at radius 3 is 2.44 bits per heavy atom. The van der Waals surface area contributed by atoms with Crippen molar-refractivity contribution in [1.82, 2.24) is 14.9 Å². The molecular weight excluding hydrogens is 470 g/mol. The van der Waals surface area contributed by atoms with Crippen molar-refractivity contribution in [3.05, 3.63) is 94.3 Å². The van der Waals surface area contributed by atoms with Crippen LogP contribution in [0.25, 0.3) is 11.0 Å². The number of carbonyl (C=O) groups excluding carboxylic acids is 1. The maximum Gasteiger partial charge on any atom is 0.251 e. The topological polar surface area (TPSA) is 56.1 Å². The molecule has 6 heteroatoms. The van der Waals surface area contributed by atoms with E-state index in [1.54, 1.807) is 0 Å². The number of amides is 1. The molecule has 5 nitrogen and oxygen atoms in total. The van der Waals surface area contributed by atoms with Crippen molar-refractivity contribution >= 4 is 28.5 Å². The number of fused-ring (bicyclic) bond motifs is 1. The molecule has 0 aliphatic carbocycles. The van der Waals surface area contributed by atoms with Gasteiger partial charge in [-0.15, -0.1) is 0 Å². The predicted molar refractivity (Wildman–Crippen MR) is 147 cm³/mol. The van der Waals surface area contributed by atoms with Crippen LogP contribution in [0.5, 0.6) is 5.75 Å². The first-order chi connectivity index (χ1) is 17.5. The Morgan fingerprint density at radius 1 is 0.944 bits per heavy atom. The number of nitrogens with zero attached hydrogens (tertiary/aromatic N) is 2. The highest BCUT2D eigenvalue weighted by atomic mass is 35.5. The quantitative estimate of drug-likeness (QED) is 0.213. The Kier molecular flexibility index (Phi) is 9.01. The highest BCUT2D eigenvalue weighted by Gasteiger charge is 2.11. The largest absolute Gasteiger partial charge is 0.494 e. The van der Waals surface area contributed by atoms with Gasteiger partial charge in [-0.2, -0.15) is 0 Å². The Labute approximate surface area is 218 Å². The fourth-order valence-electron chi connectivity index (χ4n) is 4.45. The first-order valence-corrected chi connectivity index (χ1v) is 13.1. The lowest BCUT2D eigenvalue weighted by Gasteiger charge is -2.12. The summed E-state index contributed by atoms with van der Waals surface area (Å²) in [6, 6.07) is 21.7. The number of unbranched alkanes of at least 4 members (excludes halogenated alkanes) is 2. The second-order valence-electron chi connectivity index (χ2n) is 9.17. The van der Waals surface area contributed by atoms with E-state index in [1.165, 1.54) is 5.52 Å². The SMILES string of the molecule is Cc1cc(OCCCn2c(CCCCCNC(=O)c3ccccc3)nc3ccccc32)cc(C)c1Cl. The molecule has 4 aromatic rings. The molecule has 188 valence electrons. The molecule has 0 radical (unpaired) electrons. The van der Waals surface area contributed by atoms with Crippen LogP contribution in [0.15, 0.2) is 66.7 Å². The number of aromatic nitrogens is 2. The van der Waals surface area contributed by atoms with Gasteiger partial charge in [-0.1, -0.05) is 48.4 Å². The highest BCUT2D eigenvalue weighted by molar-refractivity contribution is 6.32. The molecule has 0 bridgehead atoms. The average molecular weight is 504 g/mol. The van der Waals surface area contributed by atoms with Crippen molar-refractivity contribution in [3.8, 4) is 5.75 Å². The third-order valence-electron chi connectivity index (χ3n) is 6.34. The van der Waals surface area contributed by atoms with Crippen LogP contribution in [0.1, 0.15) is 53.0 Å². The van der Waals surface area contributed by atoms with Crippen LogP contribution in [-0.4, -0.2) is 28.6 Å². The standard InChI is InChI=1S/C30H34ClN3O2/c1-22-20-25(21-23(2)29(22)31)36-19-11-18-34-27-15-9-8-14-26(27)33-28(34)16-7-4-10-17-32-30(35)24-12-5-3-6-13-24/h3,5-6,8-9,12-15,20-21H,4,7,10-11,16-19H2,1-2H3,(H,32,35). The average Bonchev–Trinajstić information content (AvgIpc) is 3.24. The van der Waals surface area contributed by atoms with Gasteiger partial charge in [0.25, 0.3) is 5.91 Å². The van der Waals surface area contributed by atoms with E-state index in [-0.39, 0.29) is 5.91 Å². The van der Waals surface area contributed by atoms with Crippen molar-refractivity contribution in [1.29, 1.82) is 0 Å². The minimum atomic E-state index is -0.0106. The van der Waals surface area contributed by atoms with E-state index in [9.17, 15) is 4.79 Å². The van der Waals surface area contributed by atoms with E-state index < -0.39 is 0 Å². The van der Waals surface area contributed by atoms with Crippen LogP contribution in [0, 0.1) is 13.8 Å². The lowest BCUT2D eigenvalue weighted by molar-refractivity contribution is 0.0953. The Morgan fingerprint density at radius 2 is 1.67 bits per heavy atom. The normalized spacial score (nSPS) is 11.1. The molecule has 1 N–H and O–H groups in total. The lowest BCUT2D eigenvalue weighted by Crippen LogP contribution is -2.24. The molecule has 1 amide bonds. The van der Waals surface area contributed by atoms with Gasteiger partial charge in [0.15, 0.2) is 0 Å². The zero-order valence-corrected chi connectivity index (χ0v) is 21.9. The number of para-hydroxylation sites is 2. The Bertz CT molecular complexity index is 1280. The summed E-state index contributed by atoms with van der Waals surface area (Å²) in [4.78, 5) is 17.1. The second kappa shape index (κ2) is 12.6. The number of carbonyl (C=O) groups is 1. The molecule has 1 aromatic heterocycles. The summed E-state index contributed by atoms with van der Waals surface area (Å²) >= 11 is 6.28. The summed E-state index contributed by atoms with van der Waals surface area (Å²) in [5, 5.41) is 3.81. The van der Waals surface area contributed by atoms with Crippen LogP contribution in [0.4, 0.5) is 0 Å². The Balaban J connectivity index is 1.26. The summed E-state index contributed by atoms with van der Waals surface area (Å²) in [5.41, 5.74) is 4.98. The molecule has 3 aromatic carbocycles. The molecular formula is C30H34ClN3O2. The minimum absolute atomic E-state index is 0.0106. The number of nitrogens with one attached hydrogen (secondary N) is 1. The summed E-state index contributed by atoms with van der Waals surface area (Å²) in [5.74, 6) is 1.97. The maximum absolute atomic E-state index is 12.2. The fourth-order valence-corrected chi connectivity index (χ4v) is 4.56. The fraction of sp³-hybridized carbons (Fsp3) is 0.333. The number of hydrogen-bond donors (Lipinski definition) is 1. The molecule has 36 heavy (non-hydrogen) atoms. The van der Waals surface area contributed by atoms with Gasteiger partial charge in [0.2, 0.25) is 0 Å². The van der Waals surface area contributed by atoms with Gasteiger partial charge in [0.1, 0.15) is 11.6 Å².